The molecule has 1 aromatic heterocycles. The highest BCUT2D eigenvalue weighted by atomic mass is 35.5. The molecule has 5 heteroatoms. The molecule has 1 heterocycles. The summed E-state index contributed by atoms with van der Waals surface area (Å²) in [6.45, 7) is 2.42. The number of nitrogens with zero attached hydrogens (tertiary/aromatic N) is 2. The lowest BCUT2D eigenvalue weighted by atomic mass is 10.1. The molecule has 0 spiro atoms. The number of benzene rings is 1. The summed E-state index contributed by atoms with van der Waals surface area (Å²) >= 11 is 6.01. The van der Waals surface area contributed by atoms with Crippen LogP contribution in [0.15, 0.2) is 30.7 Å². The van der Waals surface area contributed by atoms with Gasteiger partial charge in [-0.1, -0.05) is 11.6 Å². The summed E-state index contributed by atoms with van der Waals surface area (Å²) in [4.78, 5) is 4.20. The molecular weight excluding hydrogens is 274 g/mol. The number of hydrogen-bond acceptors (Lipinski definition) is 3. The Bertz CT molecular complexity index is 605. The fraction of sp³-hybridized carbons (Fsp3) is 0.400. The van der Waals surface area contributed by atoms with Gasteiger partial charge in [-0.15, -0.1) is 0 Å². The molecule has 0 amide bonds. The SMILES string of the molecule is C[C@@H](N)c1cc(Cl)ccc1OCc1cncn1C1CC1. The second-order valence-electron chi connectivity index (χ2n) is 5.28. The predicted molar refractivity (Wildman–Crippen MR) is 78.9 cm³/mol. The number of imidazole rings is 1. The van der Waals surface area contributed by atoms with Gasteiger partial charge in [-0.05, 0) is 38.0 Å². The lowest BCUT2D eigenvalue weighted by molar-refractivity contribution is 0.290. The average molecular weight is 292 g/mol. The van der Waals surface area contributed by atoms with Crippen molar-refractivity contribution in [2.45, 2.75) is 38.5 Å². The van der Waals surface area contributed by atoms with E-state index < -0.39 is 0 Å². The molecule has 3 rings (SSSR count). The number of hydrogen-bond donors (Lipinski definition) is 1. The molecule has 0 bridgehead atoms. The first-order chi connectivity index (χ1) is 9.65. The van der Waals surface area contributed by atoms with Gasteiger partial charge in [-0.3, -0.25) is 0 Å². The maximum atomic E-state index is 6.01. The van der Waals surface area contributed by atoms with Gasteiger partial charge in [0.05, 0.1) is 18.2 Å². The van der Waals surface area contributed by atoms with Gasteiger partial charge in [-0.2, -0.15) is 0 Å². The van der Waals surface area contributed by atoms with Crippen LogP contribution >= 0.6 is 11.6 Å². The van der Waals surface area contributed by atoms with Crippen molar-refractivity contribution in [2.75, 3.05) is 0 Å². The molecule has 0 saturated heterocycles. The molecule has 0 aliphatic heterocycles. The zero-order valence-corrected chi connectivity index (χ0v) is 12.2. The molecule has 0 unspecified atom stereocenters. The van der Waals surface area contributed by atoms with Crippen molar-refractivity contribution in [3.8, 4) is 5.75 Å². The molecule has 2 aromatic rings. The Balaban J connectivity index is 1.76. The van der Waals surface area contributed by atoms with Crippen LogP contribution in [0.1, 0.15) is 43.1 Å². The zero-order chi connectivity index (χ0) is 14.1. The minimum absolute atomic E-state index is 0.114. The third kappa shape index (κ3) is 2.81. The minimum atomic E-state index is -0.114. The van der Waals surface area contributed by atoms with E-state index in [0.717, 1.165) is 17.0 Å². The summed E-state index contributed by atoms with van der Waals surface area (Å²) in [5, 5.41) is 0.674. The monoisotopic (exact) mass is 291 g/mol. The molecule has 20 heavy (non-hydrogen) atoms. The van der Waals surface area contributed by atoms with Crippen LogP contribution in [0.2, 0.25) is 5.02 Å². The van der Waals surface area contributed by atoms with Crippen LogP contribution in [0.3, 0.4) is 0 Å². The van der Waals surface area contributed by atoms with Crippen molar-refractivity contribution in [2.24, 2.45) is 5.73 Å². The predicted octanol–water partition coefficient (Wildman–Crippen LogP) is 3.47. The number of rotatable bonds is 5. The van der Waals surface area contributed by atoms with E-state index in [9.17, 15) is 0 Å². The highest BCUT2D eigenvalue weighted by Crippen LogP contribution is 2.36. The molecular formula is C15H18ClN3O. The standard InChI is InChI=1S/C15H18ClN3O/c1-10(17)14-6-11(16)2-5-15(14)20-8-13-7-18-9-19(13)12-3-4-12/h2,5-7,9-10,12H,3-4,8,17H2,1H3/t10-/m1/s1. The summed E-state index contributed by atoms with van der Waals surface area (Å²) in [5.74, 6) is 0.785. The smallest absolute Gasteiger partial charge is 0.130 e. The first-order valence-electron chi connectivity index (χ1n) is 6.83. The first-order valence-corrected chi connectivity index (χ1v) is 7.21. The van der Waals surface area contributed by atoms with E-state index >= 15 is 0 Å². The van der Waals surface area contributed by atoms with Gasteiger partial charge in [0.1, 0.15) is 12.4 Å². The van der Waals surface area contributed by atoms with Gasteiger partial charge in [0.25, 0.3) is 0 Å². The third-order valence-electron chi connectivity index (χ3n) is 3.52. The summed E-state index contributed by atoms with van der Waals surface area (Å²) in [6.07, 6.45) is 6.20. The second-order valence-corrected chi connectivity index (χ2v) is 5.72. The van der Waals surface area contributed by atoms with Crippen LogP contribution < -0.4 is 10.5 Å². The number of nitrogens with two attached hydrogens (primary N) is 1. The average Bonchev–Trinajstić information content (AvgIpc) is 3.16. The van der Waals surface area contributed by atoms with E-state index in [0.29, 0.717) is 17.7 Å². The van der Waals surface area contributed by atoms with Crippen molar-refractivity contribution in [3.05, 3.63) is 47.0 Å². The lowest BCUT2D eigenvalue weighted by Crippen LogP contribution is -2.09. The molecule has 1 fully saturated rings. The molecule has 1 aliphatic carbocycles. The van der Waals surface area contributed by atoms with Crippen LogP contribution in [-0.2, 0) is 6.61 Å². The summed E-state index contributed by atoms with van der Waals surface area (Å²) in [6, 6.07) is 6.05. The minimum Gasteiger partial charge on any atom is -0.487 e. The summed E-state index contributed by atoms with van der Waals surface area (Å²) in [5.41, 5.74) is 7.99. The van der Waals surface area contributed by atoms with E-state index in [1.54, 1.807) is 0 Å². The Morgan fingerprint density at radius 2 is 2.30 bits per heavy atom. The largest absolute Gasteiger partial charge is 0.487 e. The highest BCUT2D eigenvalue weighted by molar-refractivity contribution is 6.30. The fourth-order valence-corrected chi connectivity index (χ4v) is 2.46. The first kappa shape index (κ1) is 13.5. The van der Waals surface area contributed by atoms with E-state index in [1.807, 2.05) is 37.6 Å². The number of halogens is 1. The molecule has 106 valence electrons. The van der Waals surface area contributed by atoms with Crippen LogP contribution in [0.5, 0.6) is 5.75 Å². The Hall–Kier alpha value is -1.52. The summed E-state index contributed by atoms with van der Waals surface area (Å²) in [7, 11) is 0. The van der Waals surface area contributed by atoms with Crippen LogP contribution in [0.25, 0.3) is 0 Å². The fourth-order valence-electron chi connectivity index (χ4n) is 2.28. The Kier molecular flexibility index (Phi) is 3.68. The Morgan fingerprint density at radius 3 is 3.00 bits per heavy atom. The molecule has 4 nitrogen and oxygen atoms in total. The summed E-state index contributed by atoms with van der Waals surface area (Å²) < 4.78 is 8.11. The van der Waals surface area contributed by atoms with Gasteiger partial charge >= 0.3 is 0 Å². The van der Waals surface area contributed by atoms with Gasteiger partial charge in [0.15, 0.2) is 0 Å². The van der Waals surface area contributed by atoms with Crippen molar-refractivity contribution in [3.63, 3.8) is 0 Å². The molecule has 1 aromatic carbocycles. The quantitative estimate of drug-likeness (QED) is 0.918. The highest BCUT2D eigenvalue weighted by Gasteiger charge is 2.25. The molecule has 1 atom stereocenters. The van der Waals surface area contributed by atoms with Gasteiger partial charge in [-0.25, -0.2) is 4.98 Å². The normalized spacial score (nSPS) is 16.1. The lowest BCUT2D eigenvalue weighted by Gasteiger charge is -2.15. The van der Waals surface area contributed by atoms with E-state index in [4.69, 9.17) is 22.1 Å². The number of ether oxygens (including phenoxy) is 1. The van der Waals surface area contributed by atoms with Gasteiger partial charge < -0.3 is 15.0 Å². The van der Waals surface area contributed by atoms with E-state index in [2.05, 4.69) is 9.55 Å². The van der Waals surface area contributed by atoms with E-state index in [-0.39, 0.29) is 6.04 Å². The maximum Gasteiger partial charge on any atom is 0.130 e. The maximum absolute atomic E-state index is 6.01. The van der Waals surface area contributed by atoms with E-state index in [1.165, 1.54) is 12.8 Å². The van der Waals surface area contributed by atoms with Crippen molar-refractivity contribution < 1.29 is 4.74 Å². The number of aromatic nitrogens is 2. The van der Waals surface area contributed by atoms with Crippen molar-refractivity contribution in [1.82, 2.24) is 9.55 Å². The second kappa shape index (κ2) is 5.46. The Morgan fingerprint density at radius 1 is 1.50 bits per heavy atom. The van der Waals surface area contributed by atoms with Gasteiger partial charge in [0, 0.05) is 22.7 Å². The van der Waals surface area contributed by atoms with Crippen molar-refractivity contribution >= 4 is 11.6 Å². The van der Waals surface area contributed by atoms with Crippen LogP contribution in [0, 0.1) is 0 Å². The third-order valence-corrected chi connectivity index (χ3v) is 3.76. The van der Waals surface area contributed by atoms with Crippen LogP contribution in [-0.4, -0.2) is 9.55 Å². The topological polar surface area (TPSA) is 53.1 Å². The molecule has 1 saturated carbocycles. The molecule has 2 N–H and O–H groups in total. The van der Waals surface area contributed by atoms with Gasteiger partial charge in [0.2, 0.25) is 0 Å². The molecule has 1 aliphatic rings. The zero-order valence-electron chi connectivity index (χ0n) is 11.4. The Labute approximate surface area is 123 Å². The van der Waals surface area contributed by atoms with Crippen molar-refractivity contribution in [1.29, 1.82) is 0 Å². The molecule has 0 radical (unpaired) electrons. The van der Waals surface area contributed by atoms with Crippen LogP contribution in [0.4, 0.5) is 0 Å².